The van der Waals surface area contributed by atoms with E-state index in [1.807, 2.05) is 0 Å². The number of rotatable bonds is 5. The van der Waals surface area contributed by atoms with Gasteiger partial charge in [0, 0.05) is 29.6 Å². The van der Waals surface area contributed by atoms with Crippen molar-refractivity contribution in [1.29, 1.82) is 0 Å². The van der Waals surface area contributed by atoms with E-state index in [1.165, 1.54) is 0 Å². The summed E-state index contributed by atoms with van der Waals surface area (Å²) in [5, 5.41) is 7.95. The number of hydrogen-bond acceptors (Lipinski definition) is 7. The largest absolute Gasteiger partial charge is 0.573 e. The number of ether oxygens (including phenoxy) is 1. The van der Waals surface area contributed by atoms with Crippen LogP contribution < -0.4 is 15.4 Å². The van der Waals surface area contributed by atoms with E-state index >= 15 is 0 Å². The molecule has 2 amide bonds. The number of nitrogens with zero attached hydrogens (tertiary/aromatic N) is 3. The summed E-state index contributed by atoms with van der Waals surface area (Å²) in [5.41, 5.74) is -1.83. The van der Waals surface area contributed by atoms with Gasteiger partial charge in [0.25, 0.3) is 11.8 Å². The fourth-order valence-electron chi connectivity index (χ4n) is 2.25. The van der Waals surface area contributed by atoms with Crippen molar-refractivity contribution >= 4 is 34.0 Å². The first kappa shape index (κ1) is 22.9. The molecule has 2 aromatic heterocycles. The third-order valence-corrected chi connectivity index (χ3v) is 4.24. The van der Waals surface area contributed by atoms with Gasteiger partial charge in [-0.1, -0.05) is 4.49 Å². The van der Waals surface area contributed by atoms with Crippen molar-refractivity contribution in [3.63, 3.8) is 0 Å². The number of anilines is 2. The summed E-state index contributed by atoms with van der Waals surface area (Å²) >= 11 is 0.588. The van der Waals surface area contributed by atoms with Crippen LogP contribution >= 0.6 is 11.5 Å². The molecule has 0 saturated carbocycles. The Morgan fingerprint density at radius 2 is 1.62 bits per heavy atom. The second-order valence-electron chi connectivity index (χ2n) is 5.89. The minimum absolute atomic E-state index is 0.0804. The van der Waals surface area contributed by atoms with Crippen molar-refractivity contribution in [2.24, 2.45) is 0 Å². The highest BCUT2D eigenvalue weighted by Gasteiger charge is 2.32. The maximum absolute atomic E-state index is 12.8. The Bertz CT molecular complexity index is 1130. The van der Waals surface area contributed by atoms with Gasteiger partial charge in [0.1, 0.15) is 10.8 Å². The second-order valence-corrected chi connectivity index (χ2v) is 6.65. The summed E-state index contributed by atoms with van der Waals surface area (Å²) in [6.45, 7) is 0. The number of alkyl halides is 6. The lowest BCUT2D eigenvalue weighted by molar-refractivity contribution is -0.274. The van der Waals surface area contributed by atoms with Gasteiger partial charge in [-0.15, -0.1) is 18.3 Å². The first-order valence-electron chi connectivity index (χ1n) is 8.25. The van der Waals surface area contributed by atoms with Crippen LogP contribution in [0.15, 0.2) is 42.7 Å². The molecule has 0 aliphatic carbocycles. The predicted octanol–water partition coefficient (Wildman–Crippen LogP) is 4.36. The van der Waals surface area contributed by atoms with E-state index in [9.17, 15) is 35.9 Å². The highest BCUT2D eigenvalue weighted by molar-refractivity contribution is 7.10. The van der Waals surface area contributed by atoms with Crippen LogP contribution in [0.2, 0.25) is 0 Å². The van der Waals surface area contributed by atoms with Crippen LogP contribution in [0, 0.1) is 0 Å². The van der Waals surface area contributed by atoms with Crippen LogP contribution in [-0.2, 0) is 6.18 Å². The van der Waals surface area contributed by atoms with Crippen LogP contribution in [0.25, 0.3) is 0 Å². The summed E-state index contributed by atoms with van der Waals surface area (Å²) in [4.78, 5) is 28.0. The van der Waals surface area contributed by atoms with Crippen LogP contribution in [0.3, 0.4) is 0 Å². The summed E-state index contributed by atoms with van der Waals surface area (Å²) in [5.74, 6) is -2.37. The molecule has 3 aromatic rings. The second kappa shape index (κ2) is 8.78. The summed E-state index contributed by atoms with van der Waals surface area (Å²) in [6, 6.07) is 4.77. The quantitative estimate of drug-likeness (QED) is 0.530. The SMILES string of the molecule is O=C(Nc1snnc1C(=O)Nc1ccc(OC(F)(F)F)cc1)c1cncc(C(F)(F)F)c1. The Morgan fingerprint density at radius 1 is 0.938 bits per heavy atom. The molecular weight excluding hydrogens is 468 g/mol. The Kier molecular flexibility index (Phi) is 6.29. The van der Waals surface area contributed by atoms with Gasteiger partial charge in [0.2, 0.25) is 0 Å². The minimum Gasteiger partial charge on any atom is -0.406 e. The molecule has 2 N–H and O–H groups in total. The molecule has 0 aliphatic rings. The summed E-state index contributed by atoms with van der Waals surface area (Å²) in [7, 11) is 0. The standard InChI is InChI=1S/C17H9F6N5O3S/c18-16(19,20)9-5-8(6-24-7-9)13(29)26-15-12(27-28-32-15)14(30)25-10-1-3-11(4-2-10)31-17(21,22)23/h1-7H,(H,25,30)(H,26,29). The molecule has 0 unspecified atom stereocenters. The monoisotopic (exact) mass is 477 g/mol. The number of benzene rings is 1. The van der Waals surface area contributed by atoms with Gasteiger partial charge in [0.05, 0.1) is 11.1 Å². The fourth-order valence-corrected chi connectivity index (χ4v) is 2.81. The van der Waals surface area contributed by atoms with Crippen LogP contribution in [0.4, 0.5) is 37.0 Å². The van der Waals surface area contributed by atoms with Gasteiger partial charge in [-0.05, 0) is 30.3 Å². The molecule has 0 spiro atoms. The zero-order valence-electron chi connectivity index (χ0n) is 15.3. The van der Waals surface area contributed by atoms with Gasteiger partial charge in [0.15, 0.2) is 5.69 Å². The molecule has 0 bridgehead atoms. The molecule has 0 saturated heterocycles. The van der Waals surface area contributed by atoms with E-state index in [-0.39, 0.29) is 16.4 Å². The molecule has 0 radical (unpaired) electrons. The molecule has 0 atom stereocenters. The van der Waals surface area contributed by atoms with Gasteiger partial charge in [-0.3, -0.25) is 14.6 Å². The average molecular weight is 477 g/mol. The normalized spacial score (nSPS) is 11.7. The van der Waals surface area contributed by atoms with E-state index in [1.54, 1.807) is 0 Å². The molecule has 15 heteroatoms. The van der Waals surface area contributed by atoms with Gasteiger partial charge >= 0.3 is 12.5 Å². The summed E-state index contributed by atoms with van der Waals surface area (Å²) < 4.78 is 82.2. The van der Waals surface area contributed by atoms with E-state index in [2.05, 4.69) is 29.9 Å². The Labute approximate surface area is 178 Å². The number of nitrogens with one attached hydrogen (secondary N) is 2. The number of halogens is 6. The lowest BCUT2D eigenvalue weighted by Crippen LogP contribution is -2.19. The topological polar surface area (TPSA) is 106 Å². The van der Waals surface area contributed by atoms with Crippen molar-refractivity contribution in [3.05, 3.63) is 59.5 Å². The van der Waals surface area contributed by atoms with Crippen molar-refractivity contribution in [2.75, 3.05) is 10.6 Å². The smallest absolute Gasteiger partial charge is 0.406 e. The van der Waals surface area contributed by atoms with Crippen LogP contribution in [0.1, 0.15) is 26.4 Å². The molecular formula is C17H9F6N5O3S. The third kappa shape index (κ3) is 5.90. The highest BCUT2D eigenvalue weighted by atomic mass is 32.1. The highest BCUT2D eigenvalue weighted by Crippen LogP contribution is 2.29. The zero-order chi connectivity index (χ0) is 23.5. The molecule has 0 fully saturated rings. The molecule has 1 aromatic carbocycles. The predicted molar refractivity (Wildman–Crippen MR) is 98.2 cm³/mol. The molecule has 168 valence electrons. The van der Waals surface area contributed by atoms with E-state index < -0.39 is 41.2 Å². The van der Waals surface area contributed by atoms with Crippen LogP contribution in [-0.4, -0.2) is 32.7 Å². The molecule has 3 rings (SSSR count). The van der Waals surface area contributed by atoms with Gasteiger partial charge < -0.3 is 15.4 Å². The van der Waals surface area contributed by atoms with Crippen LogP contribution in [0.5, 0.6) is 5.75 Å². The maximum atomic E-state index is 12.8. The zero-order valence-corrected chi connectivity index (χ0v) is 16.1. The van der Waals surface area contributed by atoms with E-state index in [0.29, 0.717) is 23.8 Å². The first-order valence-corrected chi connectivity index (χ1v) is 9.03. The minimum atomic E-state index is -4.88. The van der Waals surface area contributed by atoms with Gasteiger partial charge in [-0.2, -0.15) is 13.2 Å². The lowest BCUT2D eigenvalue weighted by atomic mass is 10.2. The summed E-state index contributed by atoms with van der Waals surface area (Å²) in [6.07, 6.45) is -8.13. The van der Waals surface area contributed by atoms with Crippen molar-refractivity contribution in [1.82, 2.24) is 14.6 Å². The van der Waals surface area contributed by atoms with Crippen molar-refractivity contribution in [2.45, 2.75) is 12.5 Å². The Hall–Kier alpha value is -3.75. The molecule has 32 heavy (non-hydrogen) atoms. The molecule has 8 nitrogen and oxygen atoms in total. The molecule has 0 aliphatic heterocycles. The van der Waals surface area contributed by atoms with Crippen molar-refractivity contribution < 1.29 is 40.7 Å². The lowest BCUT2D eigenvalue weighted by Gasteiger charge is -2.10. The number of hydrogen-bond donors (Lipinski definition) is 2. The average Bonchev–Trinajstić information content (AvgIpc) is 3.16. The number of carbonyl (C=O) groups excluding carboxylic acids is 2. The first-order chi connectivity index (χ1) is 14.9. The Morgan fingerprint density at radius 3 is 2.25 bits per heavy atom. The number of carbonyl (C=O) groups is 2. The number of aromatic nitrogens is 3. The van der Waals surface area contributed by atoms with Crippen molar-refractivity contribution in [3.8, 4) is 5.75 Å². The number of amides is 2. The third-order valence-electron chi connectivity index (χ3n) is 3.60. The Balaban J connectivity index is 1.70. The van der Waals surface area contributed by atoms with E-state index in [0.717, 1.165) is 30.5 Å². The molecule has 2 heterocycles. The number of pyridine rings is 1. The maximum Gasteiger partial charge on any atom is 0.573 e. The van der Waals surface area contributed by atoms with Gasteiger partial charge in [-0.25, -0.2) is 0 Å². The van der Waals surface area contributed by atoms with E-state index in [4.69, 9.17) is 0 Å². The fraction of sp³-hybridized carbons (Fsp3) is 0.118.